The maximum Gasteiger partial charge on any atom is 0.0632 e. The molecule has 4 heteroatoms. The van der Waals surface area contributed by atoms with Crippen molar-refractivity contribution in [3.05, 3.63) is 57.6 Å². The van der Waals surface area contributed by atoms with Crippen LogP contribution in [0, 0.1) is 6.92 Å². The van der Waals surface area contributed by atoms with Crippen molar-refractivity contribution in [1.29, 1.82) is 0 Å². The fourth-order valence-corrected chi connectivity index (χ4v) is 3.10. The second-order valence-corrected chi connectivity index (χ2v) is 5.85. The fraction of sp³-hybridized carbons (Fsp3) is 0.143. The summed E-state index contributed by atoms with van der Waals surface area (Å²) in [6.07, 6.45) is 0. The number of halogens is 2. The largest absolute Gasteiger partial charge is 0.398 e. The number of thioether (sulfide) groups is 1. The molecule has 0 fully saturated rings. The van der Waals surface area contributed by atoms with Gasteiger partial charge in [0.2, 0.25) is 0 Å². The maximum absolute atomic E-state index is 6.15. The second kappa shape index (κ2) is 5.87. The highest BCUT2D eigenvalue weighted by Crippen LogP contribution is 2.33. The highest BCUT2D eigenvalue weighted by molar-refractivity contribution is 7.98. The van der Waals surface area contributed by atoms with Gasteiger partial charge in [0.05, 0.1) is 10.0 Å². The first-order valence-corrected chi connectivity index (χ1v) is 7.24. The van der Waals surface area contributed by atoms with E-state index in [9.17, 15) is 0 Å². The van der Waals surface area contributed by atoms with Crippen LogP contribution in [-0.4, -0.2) is 0 Å². The van der Waals surface area contributed by atoms with Crippen molar-refractivity contribution in [1.82, 2.24) is 0 Å². The third kappa shape index (κ3) is 3.14. The zero-order valence-electron chi connectivity index (χ0n) is 9.91. The molecule has 0 saturated heterocycles. The molecule has 2 aromatic carbocycles. The van der Waals surface area contributed by atoms with E-state index >= 15 is 0 Å². The molecule has 0 aliphatic heterocycles. The van der Waals surface area contributed by atoms with Crippen molar-refractivity contribution in [3.63, 3.8) is 0 Å². The van der Waals surface area contributed by atoms with Gasteiger partial charge in [-0.1, -0.05) is 41.4 Å². The number of benzene rings is 2. The molecule has 0 atom stereocenters. The molecule has 2 N–H and O–H groups in total. The Morgan fingerprint density at radius 2 is 1.94 bits per heavy atom. The zero-order chi connectivity index (χ0) is 13.1. The fourth-order valence-electron chi connectivity index (χ4n) is 1.58. The van der Waals surface area contributed by atoms with Crippen LogP contribution in [0.4, 0.5) is 5.69 Å². The van der Waals surface area contributed by atoms with Crippen LogP contribution in [0.25, 0.3) is 0 Å². The minimum Gasteiger partial charge on any atom is -0.398 e. The molecule has 0 aliphatic rings. The van der Waals surface area contributed by atoms with Gasteiger partial charge in [0.15, 0.2) is 0 Å². The van der Waals surface area contributed by atoms with Gasteiger partial charge in [-0.3, -0.25) is 0 Å². The lowest BCUT2D eigenvalue weighted by molar-refractivity contribution is 1.34. The standard InChI is InChI=1S/C14H13Cl2NS/c1-9-5-6-12(17)13(7-9)18-8-10-3-2-4-11(15)14(10)16/h2-7H,8,17H2,1H3. The van der Waals surface area contributed by atoms with E-state index in [0.717, 1.165) is 21.9 Å². The van der Waals surface area contributed by atoms with Crippen molar-refractivity contribution in [3.8, 4) is 0 Å². The van der Waals surface area contributed by atoms with E-state index in [0.29, 0.717) is 10.0 Å². The summed E-state index contributed by atoms with van der Waals surface area (Å²) in [5.41, 5.74) is 8.96. The first kappa shape index (κ1) is 13.6. The van der Waals surface area contributed by atoms with E-state index in [1.54, 1.807) is 17.8 Å². The van der Waals surface area contributed by atoms with Crippen molar-refractivity contribution in [2.45, 2.75) is 17.6 Å². The summed E-state index contributed by atoms with van der Waals surface area (Å²) in [7, 11) is 0. The van der Waals surface area contributed by atoms with Crippen molar-refractivity contribution in [2.24, 2.45) is 0 Å². The Morgan fingerprint density at radius 3 is 2.72 bits per heavy atom. The van der Waals surface area contributed by atoms with Gasteiger partial charge in [-0.15, -0.1) is 11.8 Å². The highest BCUT2D eigenvalue weighted by Gasteiger charge is 2.06. The van der Waals surface area contributed by atoms with Gasteiger partial charge in [-0.2, -0.15) is 0 Å². The quantitative estimate of drug-likeness (QED) is 0.624. The molecule has 0 aromatic heterocycles. The topological polar surface area (TPSA) is 26.0 Å². The normalized spacial score (nSPS) is 10.6. The number of nitrogen functional groups attached to an aromatic ring is 1. The van der Waals surface area contributed by atoms with Crippen LogP contribution in [0.2, 0.25) is 10.0 Å². The Labute approximate surface area is 121 Å². The number of rotatable bonds is 3. The minimum atomic E-state index is 0.590. The zero-order valence-corrected chi connectivity index (χ0v) is 12.2. The van der Waals surface area contributed by atoms with Crippen LogP contribution in [0.3, 0.4) is 0 Å². The Morgan fingerprint density at radius 1 is 1.17 bits per heavy atom. The molecule has 0 aliphatic carbocycles. The van der Waals surface area contributed by atoms with Gasteiger partial charge >= 0.3 is 0 Å². The molecule has 94 valence electrons. The van der Waals surface area contributed by atoms with Gasteiger partial charge in [0.1, 0.15) is 0 Å². The number of aryl methyl sites for hydroxylation is 1. The maximum atomic E-state index is 6.15. The predicted molar refractivity (Wildman–Crippen MR) is 81.6 cm³/mol. The van der Waals surface area contributed by atoms with Gasteiger partial charge in [-0.25, -0.2) is 0 Å². The van der Waals surface area contributed by atoms with E-state index < -0.39 is 0 Å². The van der Waals surface area contributed by atoms with Gasteiger partial charge in [0.25, 0.3) is 0 Å². The molecular weight excluding hydrogens is 285 g/mol. The summed E-state index contributed by atoms with van der Waals surface area (Å²) < 4.78 is 0. The summed E-state index contributed by atoms with van der Waals surface area (Å²) in [6.45, 7) is 2.05. The van der Waals surface area contributed by atoms with Crippen LogP contribution in [0.5, 0.6) is 0 Å². The first-order valence-electron chi connectivity index (χ1n) is 5.50. The monoisotopic (exact) mass is 297 g/mol. The van der Waals surface area contributed by atoms with Crippen molar-refractivity contribution < 1.29 is 0 Å². The number of hydrogen-bond donors (Lipinski definition) is 1. The molecule has 0 saturated carbocycles. The Balaban J connectivity index is 2.16. The number of nitrogens with two attached hydrogens (primary N) is 1. The van der Waals surface area contributed by atoms with Gasteiger partial charge in [0, 0.05) is 16.3 Å². The Bertz CT molecular complexity index is 568. The summed E-state index contributed by atoms with van der Waals surface area (Å²) in [6, 6.07) is 11.7. The molecule has 2 aromatic rings. The van der Waals surface area contributed by atoms with Gasteiger partial charge in [-0.05, 0) is 36.2 Å². The summed E-state index contributed by atoms with van der Waals surface area (Å²) in [5.74, 6) is 0.757. The van der Waals surface area contributed by atoms with Crippen LogP contribution in [0.1, 0.15) is 11.1 Å². The average molecular weight is 298 g/mol. The first-order chi connectivity index (χ1) is 8.58. The molecule has 2 rings (SSSR count). The molecule has 0 radical (unpaired) electrons. The molecule has 0 heterocycles. The van der Waals surface area contributed by atoms with E-state index in [4.69, 9.17) is 28.9 Å². The van der Waals surface area contributed by atoms with Gasteiger partial charge < -0.3 is 5.73 Å². The molecule has 0 unspecified atom stereocenters. The number of anilines is 1. The van der Waals surface area contributed by atoms with Crippen LogP contribution < -0.4 is 5.73 Å². The second-order valence-electron chi connectivity index (χ2n) is 4.04. The number of hydrogen-bond acceptors (Lipinski definition) is 2. The van der Waals surface area contributed by atoms with Crippen molar-refractivity contribution in [2.75, 3.05) is 5.73 Å². The molecule has 0 amide bonds. The van der Waals surface area contributed by atoms with E-state index in [1.165, 1.54) is 5.56 Å². The molecule has 1 nitrogen and oxygen atoms in total. The van der Waals surface area contributed by atoms with Crippen LogP contribution in [-0.2, 0) is 5.75 Å². The van der Waals surface area contributed by atoms with E-state index in [1.807, 2.05) is 24.3 Å². The summed E-state index contributed by atoms with van der Waals surface area (Å²) >= 11 is 13.8. The average Bonchev–Trinajstić information content (AvgIpc) is 2.35. The lowest BCUT2D eigenvalue weighted by Crippen LogP contribution is -1.90. The Hall–Kier alpha value is -0.830. The third-order valence-corrected chi connectivity index (χ3v) is 4.56. The van der Waals surface area contributed by atoms with Crippen LogP contribution >= 0.6 is 35.0 Å². The lowest BCUT2D eigenvalue weighted by atomic mass is 10.2. The highest BCUT2D eigenvalue weighted by atomic mass is 35.5. The van der Waals surface area contributed by atoms with Crippen molar-refractivity contribution >= 4 is 40.7 Å². The lowest BCUT2D eigenvalue weighted by Gasteiger charge is -2.08. The SMILES string of the molecule is Cc1ccc(N)c(SCc2cccc(Cl)c2Cl)c1. The van der Waals surface area contributed by atoms with Crippen LogP contribution in [0.15, 0.2) is 41.3 Å². The molecular formula is C14H13Cl2NS. The minimum absolute atomic E-state index is 0.590. The molecule has 0 spiro atoms. The third-order valence-electron chi connectivity index (χ3n) is 2.58. The molecule has 0 bridgehead atoms. The summed E-state index contributed by atoms with van der Waals surface area (Å²) in [5, 5.41) is 1.21. The summed E-state index contributed by atoms with van der Waals surface area (Å²) in [4.78, 5) is 1.08. The molecule has 18 heavy (non-hydrogen) atoms. The van der Waals surface area contributed by atoms with E-state index in [-0.39, 0.29) is 0 Å². The predicted octanol–water partition coefficient (Wildman–Crippen LogP) is 5.18. The van der Waals surface area contributed by atoms with E-state index in [2.05, 4.69) is 13.0 Å². The Kier molecular flexibility index (Phi) is 4.44. The smallest absolute Gasteiger partial charge is 0.0632 e.